The maximum Gasteiger partial charge on any atom is 0 e. The van der Waals surface area contributed by atoms with Crippen molar-refractivity contribution in [2.45, 2.75) is 41.0 Å². The minimum atomic E-state index is 0. The van der Waals surface area contributed by atoms with Crippen molar-refractivity contribution >= 4 is 0 Å². The molecule has 0 amide bonds. The van der Waals surface area contributed by atoms with Crippen molar-refractivity contribution in [2.75, 3.05) is 0 Å². The van der Waals surface area contributed by atoms with Gasteiger partial charge in [-0.25, -0.2) is 6.42 Å². The molecule has 0 rings (SSSR count). The zero-order chi connectivity index (χ0) is 9.28. The van der Waals surface area contributed by atoms with E-state index in [0.717, 1.165) is 6.42 Å². The second kappa shape index (κ2) is 5.10. The van der Waals surface area contributed by atoms with Crippen LogP contribution in [0.2, 0.25) is 0 Å². The van der Waals surface area contributed by atoms with Crippen LogP contribution in [0.5, 0.6) is 0 Å². The molecule has 1 radical (unpaired) electrons. The predicted octanol–water partition coefficient (Wildman–Crippen LogP) is 3.73. The molecule has 0 saturated carbocycles. The van der Waals surface area contributed by atoms with Crippen molar-refractivity contribution in [3.63, 3.8) is 0 Å². The van der Waals surface area contributed by atoms with Crippen molar-refractivity contribution in [1.82, 2.24) is 0 Å². The van der Waals surface area contributed by atoms with Crippen LogP contribution in [-0.2, 0) is 32.7 Å². The van der Waals surface area contributed by atoms with Crippen LogP contribution in [0, 0.1) is 30.6 Å². The van der Waals surface area contributed by atoms with Crippen LogP contribution in [0.1, 0.15) is 41.0 Å². The molecule has 0 aliphatic rings. The Hall–Kier alpha value is 1.10. The zero-order valence-corrected chi connectivity index (χ0v) is 12.1. The van der Waals surface area contributed by atoms with E-state index in [-0.39, 0.29) is 43.5 Å². The first-order chi connectivity index (χ1) is 4.75. The van der Waals surface area contributed by atoms with E-state index in [0.29, 0.717) is 5.92 Å². The summed E-state index contributed by atoms with van der Waals surface area (Å²) in [7, 11) is 0. The molecular formula is C11H22Y-2. The van der Waals surface area contributed by atoms with Gasteiger partial charge in [0.25, 0.3) is 0 Å². The Labute approximate surface area is 104 Å². The average Bonchev–Trinajstić information content (AvgIpc) is 1.83. The van der Waals surface area contributed by atoms with Gasteiger partial charge in [0, 0.05) is 32.7 Å². The molecule has 0 fully saturated rings. The fourth-order valence-electron chi connectivity index (χ4n) is 1.53. The third kappa shape index (κ3) is 3.11. The molecule has 0 saturated heterocycles. The van der Waals surface area contributed by atoms with Gasteiger partial charge in [0.15, 0.2) is 0 Å². The van der Waals surface area contributed by atoms with Gasteiger partial charge in [-0.3, -0.25) is 0 Å². The molecule has 1 atom stereocenters. The number of hydrogen-bond acceptors (Lipinski definition) is 0. The Morgan fingerprint density at radius 1 is 1.17 bits per heavy atom. The van der Waals surface area contributed by atoms with Gasteiger partial charge < -0.3 is 13.8 Å². The summed E-state index contributed by atoms with van der Waals surface area (Å²) in [4.78, 5) is 0. The minimum absolute atomic E-state index is 0. The molecular weight excluding hydrogens is 221 g/mol. The molecule has 0 nitrogen and oxygen atoms in total. The molecule has 1 unspecified atom stereocenters. The molecule has 1 heteroatoms. The zero-order valence-electron chi connectivity index (χ0n) is 9.28. The van der Waals surface area contributed by atoms with E-state index in [1.165, 1.54) is 0 Å². The van der Waals surface area contributed by atoms with Crippen LogP contribution in [0.4, 0.5) is 0 Å². The second-order valence-corrected chi connectivity index (χ2v) is 4.81. The van der Waals surface area contributed by atoms with E-state index in [9.17, 15) is 0 Å². The number of hydrogen-bond donors (Lipinski definition) is 0. The summed E-state index contributed by atoms with van der Waals surface area (Å²) in [6, 6.07) is 0. The minimum Gasteiger partial charge on any atom is -0.345 e. The van der Waals surface area contributed by atoms with Crippen molar-refractivity contribution in [3.05, 3.63) is 13.8 Å². The smallest absolute Gasteiger partial charge is 0 e. The van der Waals surface area contributed by atoms with Gasteiger partial charge in [-0.15, -0.1) is 0 Å². The summed E-state index contributed by atoms with van der Waals surface area (Å²) in [5, 5.41) is 0. The largest absolute Gasteiger partial charge is 0.345 e. The first-order valence-electron chi connectivity index (χ1n) is 4.40. The normalized spacial score (nSPS) is 17.0. The van der Waals surface area contributed by atoms with E-state index < -0.39 is 0 Å². The monoisotopic (exact) mass is 243 g/mol. The molecule has 0 aromatic heterocycles. The SMILES string of the molecule is [CH2-]CC([CH2-])(C(C)C)C(C)(C)C.[Y]. The van der Waals surface area contributed by atoms with Gasteiger partial charge in [0.2, 0.25) is 0 Å². The van der Waals surface area contributed by atoms with Gasteiger partial charge in [-0.05, 0) is 0 Å². The Bertz CT molecular complexity index is 121. The first-order valence-corrected chi connectivity index (χ1v) is 4.40. The molecule has 0 N–H and O–H groups in total. The molecule has 0 aromatic carbocycles. The van der Waals surface area contributed by atoms with E-state index in [1.807, 2.05) is 0 Å². The van der Waals surface area contributed by atoms with Gasteiger partial charge in [-0.1, -0.05) is 46.0 Å². The van der Waals surface area contributed by atoms with E-state index in [4.69, 9.17) is 0 Å². The summed E-state index contributed by atoms with van der Waals surface area (Å²) >= 11 is 0. The van der Waals surface area contributed by atoms with Crippen LogP contribution < -0.4 is 0 Å². The summed E-state index contributed by atoms with van der Waals surface area (Å²) in [6.45, 7) is 19.5. The van der Waals surface area contributed by atoms with Crippen LogP contribution in [0.3, 0.4) is 0 Å². The molecule has 0 bridgehead atoms. The van der Waals surface area contributed by atoms with Crippen molar-refractivity contribution < 1.29 is 32.7 Å². The van der Waals surface area contributed by atoms with Gasteiger partial charge in [0.05, 0.1) is 0 Å². The first kappa shape index (κ1) is 15.6. The maximum absolute atomic E-state index is 4.30. The van der Waals surface area contributed by atoms with Crippen LogP contribution in [0.15, 0.2) is 0 Å². The Morgan fingerprint density at radius 2 is 1.50 bits per heavy atom. The maximum atomic E-state index is 4.30. The van der Waals surface area contributed by atoms with Crippen LogP contribution in [0.25, 0.3) is 0 Å². The average molecular weight is 243 g/mol. The Morgan fingerprint density at radius 3 is 1.50 bits per heavy atom. The third-order valence-corrected chi connectivity index (χ3v) is 3.04. The molecule has 71 valence electrons. The third-order valence-electron chi connectivity index (χ3n) is 3.04. The van der Waals surface area contributed by atoms with E-state index >= 15 is 0 Å². The van der Waals surface area contributed by atoms with Gasteiger partial charge in [-0.2, -0.15) is 5.41 Å². The van der Waals surface area contributed by atoms with Crippen molar-refractivity contribution in [1.29, 1.82) is 0 Å². The molecule has 0 heterocycles. The van der Waals surface area contributed by atoms with Crippen molar-refractivity contribution in [3.8, 4) is 0 Å². The molecule has 0 spiro atoms. The summed E-state index contributed by atoms with van der Waals surface area (Å²) in [5.74, 6) is 0.597. The van der Waals surface area contributed by atoms with Crippen LogP contribution >= 0.6 is 0 Å². The van der Waals surface area contributed by atoms with E-state index in [1.54, 1.807) is 0 Å². The quantitative estimate of drug-likeness (QED) is 0.648. The summed E-state index contributed by atoms with van der Waals surface area (Å²) in [5.41, 5.74) is 0.371. The molecule has 0 aromatic rings. The molecule has 0 aliphatic heterocycles. The Balaban J connectivity index is 0. The topological polar surface area (TPSA) is 0 Å². The fraction of sp³-hybridized carbons (Fsp3) is 0.818. The standard InChI is InChI=1S/C11H22.Y/c1-8-11(7,9(2)3)10(4,5)6;/h9H,1,7-8H2,2-6H3;/q-2;. The fourth-order valence-corrected chi connectivity index (χ4v) is 1.53. The summed E-state index contributed by atoms with van der Waals surface area (Å²) < 4.78 is 0. The summed E-state index contributed by atoms with van der Waals surface area (Å²) in [6.07, 6.45) is 0.911. The molecule has 12 heavy (non-hydrogen) atoms. The molecule has 0 aliphatic carbocycles. The van der Waals surface area contributed by atoms with Crippen molar-refractivity contribution in [2.24, 2.45) is 16.7 Å². The van der Waals surface area contributed by atoms with Crippen LogP contribution in [-0.4, -0.2) is 0 Å². The van der Waals surface area contributed by atoms with Gasteiger partial charge in [0.1, 0.15) is 0 Å². The Kier molecular flexibility index (Phi) is 6.62. The second-order valence-electron chi connectivity index (χ2n) is 4.81. The van der Waals surface area contributed by atoms with Gasteiger partial charge >= 0.3 is 0 Å². The predicted molar refractivity (Wildman–Crippen MR) is 52.1 cm³/mol. The van der Waals surface area contributed by atoms with E-state index in [2.05, 4.69) is 48.5 Å². The number of rotatable bonds is 2.